The Morgan fingerprint density at radius 1 is 1.33 bits per heavy atom. The van der Waals surface area contributed by atoms with E-state index in [0.29, 0.717) is 16.4 Å². The van der Waals surface area contributed by atoms with Crippen LogP contribution < -0.4 is 10.6 Å². The van der Waals surface area contributed by atoms with Crippen molar-refractivity contribution < 1.29 is 0 Å². The molecule has 1 aliphatic rings. The third-order valence-corrected chi connectivity index (χ3v) is 4.43. The summed E-state index contributed by atoms with van der Waals surface area (Å²) in [5.41, 5.74) is 0.303. The standard InChI is InChI=1S/C15H26ClN5/c1-4-7-17-14-18-10-12(16)13(20-14)19-11-15(2)5-8-21(3)9-6-15/h10H,4-9,11H2,1-3H3,(H2,17,18,19,20). The molecular weight excluding hydrogens is 286 g/mol. The summed E-state index contributed by atoms with van der Waals surface area (Å²) in [5, 5.41) is 7.18. The minimum atomic E-state index is 0.303. The van der Waals surface area contributed by atoms with Crippen molar-refractivity contribution in [1.29, 1.82) is 0 Å². The summed E-state index contributed by atoms with van der Waals surface area (Å²) in [4.78, 5) is 11.0. The Morgan fingerprint density at radius 3 is 2.71 bits per heavy atom. The maximum Gasteiger partial charge on any atom is 0.224 e. The van der Waals surface area contributed by atoms with Crippen LogP contribution in [0.1, 0.15) is 33.1 Å². The lowest BCUT2D eigenvalue weighted by Crippen LogP contribution is -2.40. The molecule has 0 radical (unpaired) electrons. The average Bonchev–Trinajstić information content (AvgIpc) is 2.48. The maximum atomic E-state index is 6.19. The molecule has 0 aliphatic carbocycles. The summed E-state index contributed by atoms with van der Waals surface area (Å²) in [5.74, 6) is 1.36. The van der Waals surface area contributed by atoms with Gasteiger partial charge in [-0.15, -0.1) is 0 Å². The van der Waals surface area contributed by atoms with E-state index in [1.54, 1.807) is 6.20 Å². The van der Waals surface area contributed by atoms with Crippen LogP contribution in [0, 0.1) is 5.41 Å². The summed E-state index contributed by atoms with van der Waals surface area (Å²) in [7, 11) is 2.18. The van der Waals surface area contributed by atoms with E-state index >= 15 is 0 Å². The Morgan fingerprint density at radius 2 is 2.05 bits per heavy atom. The molecule has 0 spiro atoms. The van der Waals surface area contributed by atoms with Crippen LogP contribution >= 0.6 is 11.6 Å². The number of halogens is 1. The SMILES string of the molecule is CCCNc1ncc(Cl)c(NCC2(C)CCN(C)CC2)n1. The highest BCUT2D eigenvalue weighted by molar-refractivity contribution is 6.32. The number of nitrogens with zero attached hydrogens (tertiary/aromatic N) is 3. The average molecular weight is 312 g/mol. The Labute approximate surface area is 132 Å². The van der Waals surface area contributed by atoms with Crippen LogP contribution in [0.4, 0.5) is 11.8 Å². The molecular formula is C15H26ClN5. The Bertz CT molecular complexity index is 457. The van der Waals surface area contributed by atoms with Crippen molar-refractivity contribution >= 4 is 23.4 Å². The van der Waals surface area contributed by atoms with E-state index in [9.17, 15) is 0 Å². The first-order valence-corrected chi connectivity index (χ1v) is 8.09. The van der Waals surface area contributed by atoms with Gasteiger partial charge in [-0.3, -0.25) is 0 Å². The minimum absolute atomic E-state index is 0.303. The Hall–Kier alpha value is -1.07. The van der Waals surface area contributed by atoms with Crippen LogP contribution in [0.2, 0.25) is 5.02 Å². The predicted molar refractivity (Wildman–Crippen MR) is 89.2 cm³/mol. The third-order valence-electron chi connectivity index (χ3n) is 4.15. The number of hydrogen-bond donors (Lipinski definition) is 2. The first-order valence-electron chi connectivity index (χ1n) is 7.71. The number of piperidine rings is 1. The predicted octanol–water partition coefficient (Wildman–Crippen LogP) is 3.10. The van der Waals surface area contributed by atoms with Gasteiger partial charge in [0.1, 0.15) is 5.02 Å². The molecule has 1 saturated heterocycles. The van der Waals surface area contributed by atoms with Gasteiger partial charge in [-0.25, -0.2) is 4.98 Å². The molecule has 0 bridgehead atoms. The molecule has 0 saturated carbocycles. The molecule has 1 fully saturated rings. The van der Waals surface area contributed by atoms with Gasteiger partial charge >= 0.3 is 0 Å². The van der Waals surface area contributed by atoms with Crippen LogP contribution in [0.25, 0.3) is 0 Å². The fourth-order valence-electron chi connectivity index (χ4n) is 2.45. The molecule has 6 heteroatoms. The Kier molecular flexibility index (Phi) is 5.65. The first-order chi connectivity index (χ1) is 10.0. The van der Waals surface area contributed by atoms with E-state index in [4.69, 9.17) is 11.6 Å². The molecule has 118 valence electrons. The number of aromatic nitrogens is 2. The van der Waals surface area contributed by atoms with Crippen molar-refractivity contribution in [1.82, 2.24) is 14.9 Å². The molecule has 2 heterocycles. The summed E-state index contributed by atoms with van der Waals surface area (Å²) in [6.07, 6.45) is 5.09. The van der Waals surface area contributed by atoms with Crippen molar-refractivity contribution in [3.8, 4) is 0 Å². The van der Waals surface area contributed by atoms with Crippen LogP contribution in [-0.4, -0.2) is 48.1 Å². The van der Waals surface area contributed by atoms with E-state index in [-0.39, 0.29) is 0 Å². The normalized spacial score (nSPS) is 18.5. The van der Waals surface area contributed by atoms with Gasteiger partial charge in [0, 0.05) is 13.1 Å². The zero-order valence-corrected chi connectivity index (χ0v) is 14.0. The van der Waals surface area contributed by atoms with Gasteiger partial charge in [0.15, 0.2) is 5.82 Å². The first kappa shape index (κ1) is 16.3. The number of rotatable bonds is 6. The number of likely N-dealkylation sites (tertiary alicyclic amines) is 1. The molecule has 21 heavy (non-hydrogen) atoms. The monoisotopic (exact) mass is 311 g/mol. The zero-order valence-electron chi connectivity index (χ0n) is 13.2. The molecule has 5 nitrogen and oxygen atoms in total. The highest BCUT2D eigenvalue weighted by Gasteiger charge is 2.28. The lowest BCUT2D eigenvalue weighted by atomic mass is 9.80. The maximum absolute atomic E-state index is 6.19. The van der Waals surface area contributed by atoms with E-state index in [2.05, 4.69) is 46.4 Å². The summed E-state index contributed by atoms with van der Waals surface area (Å²) in [6, 6.07) is 0. The molecule has 1 aromatic rings. The largest absolute Gasteiger partial charge is 0.368 e. The van der Waals surface area contributed by atoms with Crippen molar-refractivity contribution in [3.05, 3.63) is 11.2 Å². The second-order valence-corrected chi connectivity index (χ2v) is 6.69. The van der Waals surface area contributed by atoms with Crippen LogP contribution in [0.15, 0.2) is 6.20 Å². The number of nitrogens with one attached hydrogen (secondary N) is 2. The van der Waals surface area contributed by atoms with Crippen molar-refractivity contribution in [2.24, 2.45) is 5.41 Å². The molecule has 0 atom stereocenters. The Balaban J connectivity index is 1.95. The van der Waals surface area contributed by atoms with Crippen LogP contribution in [0.3, 0.4) is 0 Å². The van der Waals surface area contributed by atoms with Gasteiger partial charge in [0.05, 0.1) is 6.20 Å². The van der Waals surface area contributed by atoms with Gasteiger partial charge in [-0.2, -0.15) is 4.98 Å². The van der Waals surface area contributed by atoms with Gasteiger partial charge in [-0.1, -0.05) is 25.4 Å². The van der Waals surface area contributed by atoms with Gasteiger partial charge in [-0.05, 0) is 44.8 Å². The molecule has 2 rings (SSSR count). The fourth-order valence-corrected chi connectivity index (χ4v) is 2.60. The van der Waals surface area contributed by atoms with Gasteiger partial charge in [0.2, 0.25) is 5.95 Å². The minimum Gasteiger partial charge on any atom is -0.368 e. The number of anilines is 2. The van der Waals surface area contributed by atoms with Crippen molar-refractivity contribution in [2.75, 3.05) is 43.9 Å². The van der Waals surface area contributed by atoms with Gasteiger partial charge in [0.25, 0.3) is 0 Å². The quantitative estimate of drug-likeness (QED) is 0.845. The molecule has 0 amide bonds. The van der Waals surface area contributed by atoms with Crippen LogP contribution in [0.5, 0.6) is 0 Å². The fraction of sp³-hybridized carbons (Fsp3) is 0.733. The number of hydrogen-bond acceptors (Lipinski definition) is 5. The third kappa shape index (κ3) is 4.71. The smallest absolute Gasteiger partial charge is 0.224 e. The lowest BCUT2D eigenvalue weighted by Gasteiger charge is -2.38. The molecule has 0 aromatic carbocycles. The highest BCUT2D eigenvalue weighted by Crippen LogP contribution is 2.31. The molecule has 1 aliphatic heterocycles. The molecule has 0 unspecified atom stereocenters. The summed E-state index contributed by atoms with van der Waals surface area (Å²) >= 11 is 6.19. The lowest BCUT2D eigenvalue weighted by molar-refractivity contribution is 0.150. The van der Waals surface area contributed by atoms with Gasteiger partial charge < -0.3 is 15.5 Å². The van der Waals surface area contributed by atoms with Crippen molar-refractivity contribution in [2.45, 2.75) is 33.1 Å². The summed E-state index contributed by atoms with van der Waals surface area (Å²) < 4.78 is 0. The highest BCUT2D eigenvalue weighted by atomic mass is 35.5. The second kappa shape index (κ2) is 7.27. The van der Waals surface area contributed by atoms with E-state index in [1.165, 1.54) is 12.8 Å². The van der Waals surface area contributed by atoms with Crippen molar-refractivity contribution in [3.63, 3.8) is 0 Å². The van der Waals surface area contributed by atoms with Crippen LogP contribution in [-0.2, 0) is 0 Å². The zero-order chi connectivity index (χ0) is 15.3. The second-order valence-electron chi connectivity index (χ2n) is 6.28. The summed E-state index contributed by atoms with van der Waals surface area (Å²) in [6.45, 7) is 8.51. The van der Waals surface area contributed by atoms with E-state index in [0.717, 1.165) is 38.4 Å². The van der Waals surface area contributed by atoms with E-state index in [1.807, 2.05) is 0 Å². The topological polar surface area (TPSA) is 53.1 Å². The molecule has 2 N–H and O–H groups in total. The molecule has 1 aromatic heterocycles. The van der Waals surface area contributed by atoms with E-state index < -0.39 is 0 Å².